The van der Waals surface area contributed by atoms with Crippen LogP contribution in [0.3, 0.4) is 0 Å². The van der Waals surface area contributed by atoms with Crippen LogP contribution >= 0.6 is 15.9 Å². The highest BCUT2D eigenvalue weighted by molar-refractivity contribution is 9.10. The predicted octanol–water partition coefficient (Wildman–Crippen LogP) is 3.37. The van der Waals surface area contributed by atoms with Crippen LogP contribution in [-0.2, 0) is 6.54 Å². The zero-order valence-corrected chi connectivity index (χ0v) is 13.7. The molecule has 0 radical (unpaired) electrons. The number of nitrogens with one attached hydrogen (secondary N) is 2. The van der Waals surface area contributed by atoms with Crippen molar-refractivity contribution in [1.82, 2.24) is 15.2 Å². The van der Waals surface area contributed by atoms with Crippen molar-refractivity contribution in [3.05, 3.63) is 28.5 Å². The Morgan fingerprint density at radius 3 is 2.81 bits per heavy atom. The van der Waals surface area contributed by atoms with E-state index in [4.69, 9.17) is 9.47 Å². The molecule has 0 atom stereocenters. The fourth-order valence-corrected chi connectivity index (χ4v) is 2.41. The number of H-pyrrole nitrogens is 1. The number of benzene rings is 1. The van der Waals surface area contributed by atoms with Gasteiger partial charge in [-0.1, -0.05) is 6.92 Å². The number of hydrogen-bond donors (Lipinski definition) is 2. The van der Waals surface area contributed by atoms with Gasteiger partial charge in [-0.15, -0.1) is 0 Å². The molecule has 7 heteroatoms. The Kier molecular flexibility index (Phi) is 5.86. The zero-order valence-electron chi connectivity index (χ0n) is 12.1. The van der Waals surface area contributed by atoms with E-state index in [1.807, 2.05) is 19.1 Å². The summed E-state index contributed by atoms with van der Waals surface area (Å²) in [5.41, 5.74) is 1.06. The van der Waals surface area contributed by atoms with E-state index in [-0.39, 0.29) is 0 Å². The first-order chi connectivity index (χ1) is 10.2. The summed E-state index contributed by atoms with van der Waals surface area (Å²) in [4.78, 5) is 4.03. The van der Waals surface area contributed by atoms with Gasteiger partial charge in [-0.05, 0) is 47.0 Å². The number of nitrogens with zero attached hydrogens (tertiary/aromatic N) is 2. The summed E-state index contributed by atoms with van der Waals surface area (Å²) in [6.07, 6.45) is 2.42. The molecule has 1 heterocycles. The van der Waals surface area contributed by atoms with Gasteiger partial charge in [0.25, 0.3) is 0 Å². The maximum atomic E-state index is 5.75. The molecule has 0 aliphatic heterocycles. The molecule has 0 fully saturated rings. The third kappa shape index (κ3) is 4.35. The molecule has 1 aromatic heterocycles. The second-order valence-corrected chi connectivity index (χ2v) is 5.23. The molecular formula is C14H19BrN4O2. The van der Waals surface area contributed by atoms with E-state index in [0.717, 1.165) is 28.0 Å². The largest absolute Gasteiger partial charge is 0.490 e. The lowest BCUT2D eigenvalue weighted by atomic mass is 10.2. The summed E-state index contributed by atoms with van der Waals surface area (Å²) in [7, 11) is 0. The SMILES string of the molecule is CCCOc1c(Br)cc(CNc2ncn[nH]2)cc1OCC. The molecule has 0 aliphatic rings. The van der Waals surface area contributed by atoms with Crippen LogP contribution in [0, 0.1) is 0 Å². The van der Waals surface area contributed by atoms with Crippen molar-refractivity contribution >= 4 is 21.9 Å². The quantitative estimate of drug-likeness (QED) is 0.760. The highest BCUT2D eigenvalue weighted by atomic mass is 79.9. The summed E-state index contributed by atoms with van der Waals surface area (Å²) in [5.74, 6) is 2.13. The number of halogens is 1. The van der Waals surface area contributed by atoms with Crippen LogP contribution in [-0.4, -0.2) is 28.4 Å². The maximum absolute atomic E-state index is 5.75. The molecular weight excluding hydrogens is 336 g/mol. The molecule has 2 N–H and O–H groups in total. The zero-order chi connectivity index (χ0) is 15.1. The Morgan fingerprint density at radius 1 is 1.29 bits per heavy atom. The van der Waals surface area contributed by atoms with Crippen LogP contribution in [0.4, 0.5) is 5.95 Å². The smallest absolute Gasteiger partial charge is 0.218 e. The Labute approximate surface area is 132 Å². The van der Waals surface area contributed by atoms with Crippen molar-refractivity contribution in [1.29, 1.82) is 0 Å². The molecule has 21 heavy (non-hydrogen) atoms. The first-order valence-electron chi connectivity index (χ1n) is 6.91. The number of rotatable bonds is 8. The van der Waals surface area contributed by atoms with Crippen molar-refractivity contribution in [3.8, 4) is 11.5 Å². The first kappa shape index (κ1) is 15.6. The van der Waals surface area contributed by atoms with Crippen molar-refractivity contribution in [2.24, 2.45) is 0 Å². The number of aromatic amines is 1. The monoisotopic (exact) mass is 354 g/mol. The van der Waals surface area contributed by atoms with Gasteiger partial charge in [0, 0.05) is 6.54 Å². The van der Waals surface area contributed by atoms with Crippen molar-refractivity contribution in [3.63, 3.8) is 0 Å². The molecule has 1 aromatic carbocycles. The molecule has 0 spiro atoms. The normalized spacial score (nSPS) is 10.4. The highest BCUT2D eigenvalue weighted by Crippen LogP contribution is 2.37. The lowest BCUT2D eigenvalue weighted by Crippen LogP contribution is -2.05. The van der Waals surface area contributed by atoms with Crippen LogP contribution in [0.5, 0.6) is 11.5 Å². The third-order valence-corrected chi connectivity index (χ3v) is 3.28. The average Bonchev–Trinajstić information content (AvgIpc) is 2.98. The predicted molar refractivity (Wildman–Crippen MR) is 84.8 cm³/mol. The molecule has 0 unspecified atom stereocenters. The van der Waals surface area contributed by atoms with E-state index < -0.39 is 0 Å². The second kappa shape index (κ2) is 7.87. The fourth-order valence-electron chi connectivity index (χ4n) is 1.81. The second-order valence-electron chi connectivity index (χ2n) is 4.37. The minimum absolute atomic E-state index is 0.591. The van der Waals surface area contributed by atoms with Crippen LogP contribution < -0.4 is 14.8 Å². The van der Waals surface area contributed by atoms with Gasteiger partial charge in [0.2, 0.25) is 5.95 Å². The lowest BCUT2D eigenvalue weighted by Gasteiger charge is -2.15. The minimum Gasteiger partial charge on any atom is -0.490 e. The van der Waals surface area contributed by atoms with E-state index >= 15 is 0 Å². The topological polar surface area (TPSA) is 72.1 Å². The maximum Gasteiger partial charge on any atom is 0.218 e. The molecule has 0 aliphatic carbocycles. The molecule has 0 saturated heterocycles. The Bertz CT molecular complexity index is 560. The van der Waals surface area contributed by atoms with Gasteiger partial charge in [-0.2, -0.15) is 5.10 Å². The number of aromatic nitrogens is 3. The van der Waals surface area contributed by atoms with Gasteiger partial charge in [0.1, 0.15) is 6.33 Å². The summed E-state index contributed by atoms with van der Waals surface area (Å²) >= 11 is 3.55. The summed E-state index contributed by atoms with van der Waals surface area (Å²) < 4.78 is 12.3. The molecule has 6 nitrogen and oxygen atoms in total. The number of anilines is 1. The molecule has 2 rings (SSSR count). The summed E-state index contributed by atoms with van der Waals surface area (Å²) in [6, 6.07) is 3.99. The van der Waals surface area contributed by atoms with E-state index in [1.165, 1.54) is 6.33 Å². The van der Waals surface area contributed by atoms with Crippen LogP contribution in [0.1, 0.15) is 25.8 Å². The van der Waals surface area contributed by atoms with E-state index in [9.17, 15) is 0 Å². The van der Waals surface area contributed by atoms with E-state index in [1.54, 1.807) is 0 Å². The summed E-state index contributed by atoms with van der Waals surface area (Å²) in [5, 5.41) is 9.71. The highest BCUT2D eigenvalue weighted by Gasteiger charge is 2.12. The van der Waals surface area contributed by atoms with Crippen LogP contribution in [0.2, 0.25) is 0 Å². The van der Waals surface area contributed by atoms with Crippen LogP contribution in [0.25, 0.3) is 0 Å². The Hall–Kier alpha value is -1.76. The molecule has 0 amide bonds. The lowest BCUT2D eigenvalue weighted by molar-refractivity contribution is 0.275. The molecule has 0 saturated carbocycles. The minimum atomic E-state index is 0.591. The van der Waals surface area contributed by atoms with E-state index in [2.05, 4.69) is 43.4 Å². The van der Waals surface area contributed by atoms with Crippen molar-refractivity contribution in [2.75, 3.05) is 18.5 Å². The van der Waals surface area contributed by atoms with Crippen LogP contribution in [0.15, 0.2) is 22.9 Å². The fraction of sp³-hybridized carbons (Fsp3) is 0.429. The van der Waals surface area contributed by atoms with Gasteiger partial charge in [-0.3, -0.25) is 0 Å². The summed E-state index contributed by atoms with van der Waals surface area (Å²) in [6.45, 7) is 5.89. The van der Waals surface area contributed by atoms with Crippen molar-refractivity contribution < 1.29 is 9.47 Å². The number of ether oxygens (including phenoxy) is 2. The standard InChI is InChI=1S/C14H19BrN4O2/c1-3-5-21-13-11(15)6-10(7-12(13)20-4-2)8-16-14-17-9-18-19-14/h6-7,9H,3-5,8H2,1-2H3,(H2,16,17,18,19). The Morgan fingerprint density at radius 2 is 2.14 bits per heavy atom. The van der Waals surface area contributed by atoms with E-state index in [0.29, 0.717) is 25.7 Å². The first-order valence-corrected chi connectivity index (χ1v) is 7.71. The number of hydrogen-bond acceptors (Lipinski definition) is 5. The van der Waals surface area contributed by atoms with Gasteiger partial charge in [0.15, 0.2) is 11.5 Å². The molecule has 0 bridgehead atoms. The molecule has 2 aromatic rings. The van der Waals surface area contributed by atoms with Gasteiger partial charge in [0.05, 0.1) is 17.7 Å². The van der Waals surface area contributed by atoms with Gasteiger partial charge >= 0.3 is 0 Å². The van der Waals surface area contributed by atoms with Gasteiger partial charge < -0.3 is 14.8 Å². The average molecular weight is 355 g/mol. The van der Waals surface area contributed by atoms with Crippen molar-refractivity contribution in [2.45, 2.75) is 26.8 Å². The van der Waals surface area contributed by atoms with Gasteiger partial charge in [-0.25, -0.2) is 10.1 Å². The third-order valence-electron chi connectivity index (χ3n) is 2.69. The molecule has 114 valence electrons. The Balaban J connectivity index is 2.14.